The van der Waals surface area contributed by atoms with Gasteiger partial charge in [0.2, 0.25) is 15.9 Å². The molecule has 1 heterocycles. The average molecular weight is 375 g/mol. The van der Waals surface area contributed by atoms with E-state index in [-0.39, 0.29) is 31.0 Å². The maximum Gasteiger partial charge on any atom is 0.246 e. The molecule has 6 nitrogen and oxygen atoms in total. The number of nitrogens with two attached hydrogens (primary N) is 1. The lowest BCUT2D eigenvalue weighted by molar-refractivity contribution is -0.126. The Balaban J connectivity index is 1.97. The summed E-state index contributed by atoms with van der Waals surface area (Å²) in [5.74, 6) is -2.23. The number of benzene rings is 1. The molecule has 140 valence electrons. The molecule has 1 fully saturated rings. The first-order valence-electron chi connectivity index (χ1n) is 8.20. The van der Waals surface area contributed by atoms with E-state index in [2.05, 4.69) is 5.32 Å². The summed E-state index contributed by atoms with van der Waals surface area (Å²) in [6, 6.07) is 2.33. The van der Waals surface area contributed by atoms with E-state index >= 15 is 0 Å². The standard InChI is InChI=1S/C16H23F2N3O3S/c1-11(19)4-7-20-16(22)12-5-8-21(9-6-12)25(23,24)15-10-13(17)2-3-14(15)18/h2-3,10-12H,4-9,19H2,1H3,(H,20,22). The van der Waals surface area contributed by atoms with E-state index in [9.17, 15) is 22.0 Å². The summed E-state index contributed by atoms with van der Waals surface area (Å²) in [5.41, 5.74) is 5.62. The molecule has 0 spiro atoms. The molecule has 1 aliphatic rings. The predicted molar refractivity (Wildman–Crippen MR) is 89.1 cm³/mol. The van der Waals surface area contributed by atoms with E-state index < -0.39 is 26.6 Å². The van der Waals surface area contributed by atoms with Gasteiger partial charge in [-0.05, 0) is 44.4 Å². The van der Waals surface area contributed by atoms with Crippen LogP contribution < -0.4 is 11.1 Å². The van der Waals surface area contributed by atoms with E-state index in [1.807, 2.05) is 6.92 Å². The Bertz CT molecular complexity index is 717. The van der Waals surface area contributed by atoms with Gasteiger partial charge < -0.3 is 11.1 Å². The number of rotatable bonds is 6. The van der Waals surface area contributed by atoms with Crippen LogP contribution in [0.1, 0.15) is 26.2 Å². The van der Waals surface area contributed by atoms with Gasteiger partial charge in [0.05, 0.1) is 0 Å². The Labute approximate surface area is 146 Å². The zero-order chi connectivity index (χ0) is 18.6. The summed E-state index contributed by atoms with van der Waals surface area (Å²) >= 11 is 0. The zero-order valence-corrected chi connectivity index (χ0v) is 14.9. The van der Waals surface area contributed by atoms with Crippen LogP contribution in [-0.4, -0.2) is 44.3 Å². The number of halogens is 2. The normalized spacial score (nSPS) is 18.1. The number of nitrogens with zero attached hydrogens (tertiary/aromatic N) is 1. The van der Waals surface area contributed by atoms with Gasteiger partial charge in [-0.1, -0.05) is 0 Å². The highest BCUT2D eigenvalue weighted by atomic mass is 32.2. The molecule has 1 saturated heterocycles. The number of carbonyl (C=O) groups excluding carboxylic acids is 1. The van der Waals surface area contributed by atoms with Gasteiger partial charge in [-0.3, -0.25) is 4.79 Å². The minimum atomic E-state index is -4.12. The van der Waals surface area contributed by atoms with Crippen LogP contribution in [-0.2, 0) is 14.8 Å². The van der Waals surface area contributed by atoms with Crippen molar-refractivity contribution in [3.63, 3.8) is 0 Å². The number of carbonyl (C=O) groups is 1. The smallest absolute Gasteiger partial charge is 0.246 e. The molecule has 0 aromatic heterocycles. The second-order valence-corrected chi connectivity index (χ2v) is 8.22. The average Bonchev–Trinajstić information content (AvgIpc) is 2.56. The Morgan fingerprint density at radius 3 is 2.60 bits per heavy atom. The molecule has 1 amide bonds. The van der Waals surface area contributed by atoms with Gasteiger partial charge in [-0.25, -0.2) is 17.2 Å². The van der Waals surface area contributed by atoms with Crippen LogP contribution in [0.15, 0.2) is 23.1 Å². The maximum atomic E-state index is 13.8. The predicted octanol–water partition coefficient (Wildman–Crippen LogP) is 1.22. The van der Waals surface area contributed by atoms with Crippen molar-refractivity contribution in [2.75, 3.05) is 19.6 Å². The Morgan fingerprint density at radius 1 is 1.36 bits per heavy atom. The highest BCUT2D eigenvalue weighted by Crippen LogP contribution is 2.26. The maximum absolute atomic E-state index is 13.8. The first-order chi connectivity index (χ1) is 11.7. The van der Waals surface area contributed by atoms with E-state index in [0.717, 1.165) is 16.4 Å². The fourth-order valence-electron chi connectivity index (χ4n) is 2.74. The molecule has 3 N–H and O–H groups in total. The second-order valence-electron chi connectivity index (χ2n) is 6.31. The quantitative estimate of drug-likeness (QED) is 0.782. The molecule has 0 saturated carbocycles. The molecule has 1 aromatic rings. The molecule has 25 heavy (non-hydrogen) atoms. The highest BCUT2D eigenvalue weighted by molar-refractivity contribution is 7.89. The minimum absolute atomic E-state index is 0.00606. The van der Waals surface area contributed by atoms with Crippen LogP contribution in [0.4, 0.5) is 8.78 Å². The number of nitrogens with one attached hydrogen (secondary N) is 1. The Morgan fingerprint density at radius 2 is 2.00 bits per heavy atom. The van der Waals surface area contributed by atoms with Crippen molar-refractivity contribution < 1.29 is 22.0 Å². The molecule has 1 atom stereocenters. The third kappa shape index (κ3) is 4.96. The van der Waals surface area contributed by atoms with E-state index in [1.165, 1.54) is 0 Å². The molecule has 1 aliphatic heterocycles. The number of hydrogen-bond acceptors (Lipinski definition) is 4. The van der Waals surface area contributed by atoms with Crippen molar-refractivity contribution in [1.29, 1.82) is 0 Å². The van der Waals surface area contributed by atoms with Crippen LogP contribution >= 0.6 is 0 Å². The fourth-order valence-corrected chi connectivity index (χ4v) is 4.29. The zero-order valence-electron chi connectivity index (χ0n) is 14.0. The molecule has 0 aliphatic carbocycles. The highest BCUT2D eigenvalue weighted by Gasteiger charge is 2.33. The lowest BCUT2D eigenvalue weighted by Gasteiger charge is -2.30. The van der Waals surface area contributed by atoms with Crippen molar-refractivity contribution in [3.8, 4) is 0 Å². The number of hydrogen-bond donors (Lipinski definition) is 2. The number of piperidine rings is 1. The van der Waals surface area contributed by atoms with Gasteiger partial charge in [0.25, 0.3) is 0 Å². The van der Waals surface area contributed by atoms with Gasteiger partial charge in [0.1, 0.15) is 16.5 Å². The number of amides is 1. The van der Waals surface area contributed by atoms with Crippen LogP contribution in [0, 0.1) is 17.6 Å². The summed E-state index contributed by atoms with van der Waals surface area (Å²) in [5, 5.41) is 2.79. The molecule has 0 radical (unpaired) electrons. The molecule has 1 aromatic carbocycles. The van der Waals surface area contributed by atoms with Crippen LogP contribution in [0.5, 0.6) is 0 Å². The van der Waals surface area contributed by atoms with Crippen LogP contribution in [0.2, 0.25) is 0 Å². The first-order valence-corrected chi connectivity index (χ1v) is 9.64. The molecule has 1 unspecified atom stereocenters. The molecule has 2 rings (SSSR count). The van der Waals surface area contributed by atoms with Crippen LogP contribution in [0.3, 0.4) is 0 Å². The fraction of sp³-hybridized carbons (Fsp3) is 0.562. The Kier molecular flexibility index (Phi) is 6.47. The SMILES string of the molecule is CC(N)CCNC(=O)C1CCN(S(=O)(=O)c2cc(F)ccc2F)CC1. The Hall–Kier alpha value is -1.58. The second kappa shape index (κ2) is 8.20. The van der Waals surface area contributed by atoms with Crippen molar-refractivity contribution in [2.24, 2.45) is 11.7 Å². The van der Waals surface area contributed by atoms with Gasteiger partial charge in [-0.15, -0.1) is 0 Å². The van der Waals surface area contributed by atoms with Gasteiger partial charge in [-0.2, -0.15) is 4.31 Å². The van der Waals surface area contributed by atoms with Crippen molar-refractivity contribution in [2.45, 2.75) is 37.1 Å². The van der Waals surface area contributed by atoms with Crippen molar-refractivity contribution >= 4 is 15.9 Å². The first kappa shape index (κ1) is 19.7. The third-order valence-electron chi connectivity index (χ3n) is 4.23. The third-order valence-corrected chi connectivity index (χ3v) is 6.15. The van der Waals surface area contributed by atoms with Gasteiger partial charge >= 0.3 is 0 Å². The number of sulfonamides is 1. The lowest BCUT2D eigenvalue weighted by atomic mass is 9.97. The molecular formula is C16H23F2N3O3S. The van der Waals surface area contributed by atoms with Gasteiger partial charge in [0, 0.05) is 31.6 Å². The van der Waals surface area contributed by atoms with Crippen molar-refractivity contribution in [1.82, 2.24) is 9.62 Å². The monoisotopic (exact) mass is 375 g/mol. The summed E-state index contributed by atoms with van der Waals surface area (Å²) in [6.45, 7) is 2.50. The van der Waals surface area contributed by atoms with E-state index in [1.54, 1.807) is 0 Å². The van der Waals surface area contributed by atoms with Gasteiger partial charge in [0.15, 0.2) is 0 Å². The molecule has 0 bridgehead atoms. The minimum Gasteiger partial charge on any atom is -0.356 e. The van der Waals surface area contributed by atoms with E-state index in [4.69, 9.17) is 5.73 Å². The molecule has 9 heteroatoms. The molecular weight excluding hydrogens is 352 g/mol. The van der Waals surface area contributed by atoms with E-state index in [0.29, 0.717) is 31.9 Å². The summed E-state index contributed by atoms with van der Waals surface area (Å²) in [4.78, 5) is 11.4. The summed E-state index contributed by atoms with van der Waals surface area (Å²) in [6.07, 6.45) is 1.33. The summed E-state index contributed by atoms with van der Waals surface area (Å²) in [7, 11) is -4.12. The van der Waals surface area contributed by atoms with Crippen molar-refractivity contribution in [3.05, 3.63) is 29.8 Å². The van der Waals surface area contributed by atoms with Crippen LogP contribution in [0.25, 0.3) is 0 Å². The topological polar surface area (TPSA) is 92.5 Å². The lowest BCUT2D eigenvalue weighted by Crippen LogP contribution is -2.43. The largest absolute Gasteiger partial charge is 0.356 e. The summed E-state index contributed by atoms with van der Waals surface area (Å²) < 4.78 is 53.1.